The summed E-state index contributed by atoms with van der Waals surface area (Å²) in [6.07, 6.45) is -0.532. The van der Waals surface area contributed by atoms with Crippen molar-refractivity contribution >= 4 is 21.6 Å². The van der Waals surface area contributed by atoms with Gasteiger partial charge in [0.1, 0.15) is 18.1 Å². The van der Waals surface area contributed by atoms with Gasteiger partial charge < -0.3 is 10.1 Å². The molecule has 0 saturated heterocycles. The lowest BCUT2D eigenvalue weighted by Gasteiger charge is -2.16. The first-order chi connectivity index (χ1) is 15.3. The van der Waals surface area contributed by atoms with Crippen LogP contribution in [0, 0.1) is 5.82 Å². The number of carbonyl (C=O) groups excluding carboxylic acids is 1. The minimum Gasteiger partial charge on any atom is -0.473 e. The van der Waals surface area contributed by atoms with Crippen LogP contribution in [0.15, 0.2) is 42.5 Å². The first-order valence-electron chi connectivity index (χ1n) is 9.68. The van der Waals surface area contributed by atoms with E-state index in [0.29, 0.717) is 0 Å². The molecule has 0 radical (unpaired) electrons. The fraction of sp³-hybridized carbons (Fsp3) is 0.333. The molecule has 0 aliphatic heterocycles. The van der Waals surface area contributed by atoms with E-state index in [-0.39, 0.29) is 35.8 Å². The number of halogens is 4. The SMILES string of the molecule is C/C=C\COc1nc(C(F)(F)F)ccc1CNC(=O)C(C)c1ccc(NS(C)(=O)=O)c(F)c1. The first kappa shape index (κ1) is 26.1. The van der Waals surface area contributed by atoms with Gasteiger partial charge in [-0.1, -0.05) is 18.2 Å². The number of anilines is 1. The predicted octanol–water partition coefficient (Wildman–Crippen LogP) is 3.99. The van der Waals surface area contributed by atoms with Crippen molar-refractivity contribution < 1.29 is 35.5 Å². The van der Waals surface area contributed by atoms with Crippen LogP contribution >= 0.6 is 0 Å². The van der Waals surface area contributed by atoms with Crippen LogP contribution in [0.1, 0.15) is 36.6 Å². The number of hydrogen-bond donors (Lipinski definition) is 2. The Morgan fingerprint density at radius 3 is 2.52 bits per heavy atom. The Kier molecular flexibility index (Phi) is 8.42. The van der Waals surface area contributed by atoms with Crippen LogP contribution < -0.4 is 14.8 Å². The van der Waals surface area contributed by atoms with Crippen molar-refractivity contribution in [3.8, 4) is 5.88 Å². The normalized spacial score (nSPS) is 13.1. The van der Waals surface area contributed by atoms with Crippen LogP contribution in [0.3, 0.4) is 0 Å². The van der Waals surface area contributed by atoms with Crippen molar-refractivity contribution in [2.75, 3.05) is 17.6 Å². The number of hydrogen-bond acceptors (Lipinski definition) is 5. The summed E-state index contributed by atoms with van der Waals surface area (Å²) in [6, 6.07) is 5.57. The number of nitrogens with one attached hydrogen (secondary N) is 2. The van der Waals surface area contributed by atoms with Crippen molar-refractivity contribution in [3.63, 3.8) is 0 Å². The molecule has 1 aromatic heterocycles. The maximum atomic E-state index is 14.2. The van der Waals surface area contributed by atoms with E-state index in [9.17, 15) is 30.8 Å². The fourth-order valence-corrected chi connectivity index (χ4v) is 3.24. The molecule has 0 spiro atoms. The van der Waals surface area contributed by atoms with Crippen molar-refractivity contribution in [1.29, 1.82) is 0 Å². The molecule has 33 heavy (non-hydrogen) atoms. The van der Waals surface area contributed by atoms with Gasteiger partial charge >= 0.3 is 6.18 Å². The van der Waals surface area contributed by atoms with Gasteiger partial charge in [-0.3, -0.25) is 9.52 Å². The summed E-state index contributed by atoms with van der Waals surface area (Å²) >= 11 is 0. The molecular weight excluding hydrogens is 466 g/mol. The van der Waals surface area contributed by atoms with Gasteiger partial charge in [-0.2, -0.15) is 13.2 Å². The zero-order valence-corrected chi connectivity index (χ0v) is 18.8. The maximum absolute atomic E-state index is 14.2. The second-order valence-corrected chi connectivity index (χ2v) is 8.84. The number of nitrogens with zero attached hydrogens (tertiary/aromatic N) is 1. The highest BCUT2D eigenvalue weighted by Crippen LogP contribution is 2.30. The van der Waals surface area contributed by atoms with Gasteiger partial charge in [-0.05, 0) is 43.7 Å². The van der Waals surface area contributed by atoms with E-state index in [1.807, 2.05) is 4.72 Å². The van der Waals surface area contributed by atoms with Gasteiger partial charge in [0.15, 0.2) is 0 Å². The average Bonchev–Trinajstić information content (AvgIpc) is 2.72. The fourth-order valence-electron chi connectivity index (χ4n) is 2.68. The van der Waals surface area contributed by atoms with Gasteiger partial charge in [0, 0.05) is 12.1 Å². The Morgan fingerprint density at radius 1 is 1.24 bits per heavy atom. The Balaban J connectivity index is 2.15. The number of aromatic nitrogens is 1. The van der Waals surface area contributed by atoms with Crippen LogP contribution in [0.25, 0.3) is 0 Å². The standard InChI is InChI=1S/C21H23F4N3O4S/c1-4-5-10-32-20-15(7-9-18(27-20)21(23,24)25)12-26-19(29)13(2)14-6-8-17(16(22)11-14)28-33(3,30)31/h4-9,11,13,28H,10,12H2,1-3H3,(H,26,29)/b5-4-. The summed E-state index contributed by atoms with van der Waals surface area (Å²) in [6.45, 7) is 3.05. The molecule has 2 rings (SSSR count). The minimum absolute atomic E-state index is 0.00466. The van der Waals surface area contributed by atoms with Crippen molar-refractivity contribution in [2.24, 2.45) is 0 Å². The lowest BCUT2D eigenvalue weighted by atomic mass is 9.99. The highest BCUT2D eigenvalue weighted by molar-refractivity contribution is 7.92. The molecule has 2 aromatic rings. The predicted molar refractivity (Wildman–Crippen MR) is 115 cm³/mol. The van der Waals surface area contributed by atoms with E-state index >= 15 is 0 Å². The van der Waals surface area contributed by atoms with Gasteiger partial charge in [0.2, 0.25) is 21.8 Å². The molecule has 180 valence electrons. The molecule has 2 N–H and O–H groups in total. The highest BCUT2D eigenvalue weighted by Gasteiger charge is 2.33. The average molecular weight is 489 g/mol. The van der Waals surface area contributed by atoms with E-state index in [2.05, 4.69) is 10.3 Å². The third kappa shape index (κ3) is 7.74. The summed E-state index contributed by atoms with van der Waals surface area (Å²) < 4.78 is 83.0. The van der Waals surface area contributed by atoms with Crippen LogP contribution in [0.4, 0.5) is 23.2 Å². The molecular formula is C21H23F4N3O4S. The number of benzene rings is 1. The summed E-state index contributed by atoms with van der Waals surface area (Å²) in [7, 11) is -3.68. The molecule has 1 amide bonds. The monoisotopic (exact) mass is 489 g/mol. The maximum Gasteiger partial charge on any atom is 0.433 e. The Morgan fingerprint density at radius 2 is 1.94 bits per heavy atom. The number of sulfonamides is 1. The Bertz CT molecular complexity index is 1130. The second-order valence-electron chi connectivity index (χ2n) is 7.09. The number of amides is 1. The number of allylic oxidation sites excluding steroid dienone is 1. The van der Waals surface area contributed by atoms with Gasteiger partial charge in [-0.15, -0.1) is 0 Å². The number of pyridine rings is 1. The zero-order chi connectivity index (χ0) is 24.8. The molecule has 0 aliphatic rings. The number of ether oxygens (including phenoxy) is 1. The highest BCUT2D eigenvalue weighted by atomic mass is 32.2. The summed E-state index contributed by atoms with van der Waals surface area (Å²) in [4.78, 5) is 16.1. The van der Waals surface area contributed by atoms with Gasteiger partial charge in [0.05, 0.1) is 17.9 Å². The molecule has 0 fully saturated rings. The van der Waals surface area contributed by atoms with Crippen LogP contribution in [0.5, 0.6) is 5.88 Å². The third-order valence-electron chi connectivity index (χ3n) is 4.42. The molecule has 0 aliphatic carbocycles. The lowest BCUT2D eigenvalue weighted by Crippen LogP contribution is -2.28. The van der Waals surface area contributed by atoms with Crippen LogP contribution in [-0.2, 0) is 27.5 Å². The molecule has 0 saturated carbocycles. The smallest absolute Gasteiger partial charge is 0.433 e. The third-order valence-corrected chi connectivity index (χ3v) is 5.01. The topological polar surface area (TPSA) is 97.4 Å². The Labute approximate surface area is 188 Å². The van der Waals surface area contributed by atoms with E-state index in [1.54, 1.807) is 19.1 Å². The van der Waals surface area contributed by atoms with Gasteiger partial charge in [-0.25, -0.2) is 17.8 Å². The molecule has 1 aromatic carbocycles. The Hall–Kier alpha value is -3.15. The molecule has 7 nitrogen and oxygen atoms in total. The molecule has 0 bridgehead atoms. The molecule has 1 heterocycles. The minimum atomic E-state index is -4.66. The summed E-state index contributed by atoms with van der Waals surface area (Å²) in [5.74, 6) is -2.48. The summed E-state index contributed by atoms with van der Waals surface area (Å²) in [5.41, 5.74) is -0.876. The zero-order valence-electron chi connectivity index (χ0n) is 18.0. The second kappa shape index (κ2) is 10.6. The van der Waals surface area contributed by atoms with Crippen molar-refractivity contribution in [2.45, 2.75) is 32.5 Å². The van der Waals surface area contributed by atoms with E-state index in [0.717, 1.165) is 24.5 Å². The van der Waals surface area contributed by atoms with E-state index in [4.69, 9.17) is 4.74 Å². The quantitative estimate of drug-likeness (QED) is 0.410. The summed E-state index contributed by atoms with van der Waals surface area (Å²) in [5, 5.41) is 2.57. The number of rotatable bonds is 9. The first-order valence-corrected chi connectivity index (χ1v) is 11.6. The van der Waals surface area contributed by atoms with Gasteiger partial charge in [0.25, 0.3) is 0 Å². The van der Waals surface area contributed by atoms with E-state index in [1.165, 1.54) is 19.1 Å². The van der Waals surface area contributed by atoms with Crippen molar-refractivity contribution in [3.05, 3.63) is 65.1 Å². The lowest BCUT2D eigenvalue weighted by molar-refractivity contribution is -0.141. The van der Waals surface area contributed by atoms with Crippen LogP contribution in [-0.4, -0.2) is 32.2 Å². The number of alkyl halides is 3. The largest absolute Gasteiger partial charge is 0.473 e. The molecule has 12 heteroatoms. The molecule has 1 unspecified atom stereocenters. The number of carbonyl (C=O) groups is 1. The van der Waals surface area contributed by atoms with E-state index < -0.39 is 39.5 Å². The molecule has 1 atom stereocenters. The van der Waals surface area contributed by atoms with Crippen molar-refractivity contribution in [1.82, 2.24) is 10.3 Å². The van der Waals surface area contributed by atoms with Crippen LogP contribution in [0.2, 0.25) is 0 Å².